The molecule has 1 N–H and O–H groups in total. The van der Waals surface area contributed by atoms with Crippen LogP contribution < -0.4 is 14.5 Å². The van der Waals surface area contributed by atoms with Gasteiger partial charge in [-0.2, -0.15) is 9.97 Å². The molecule has 0 unspecified atom stereocenters. The summed E-state index contributed by atoms with van der Waals surface area (Å²) in [6.45, 7) is 12.7. The molecule has 12 heteroatoms. The Morgan fingerprint density at radius 1 is 1.20 bits per heavy atom. The van der Waals surface area contributed by atoms with E-state index in [1.54, 1.807) is 0 Å². The third kappa shape index (κ3) is 5.61. The average molecular weight is 640 g/mol. The molecule has 5 aliphatic heterocycles. The standard InChI is InChI=1S/C34H46FN5O6/c1-22-25-8-7-24(40(31(41)42)32(2,3)4)15-27(25)34(21-44-22)17-28-26(19-46-34)29(38-10-6-13-43-14-12-38)37-30(36-28)45-20-33-9-5-11-39(33)18-23(35)16-33/h7-8,15,22-23H,5-6,9-14,16-21H2,1-4H3,(H,41,42)/t22-,23+,33-,34-/m0/s1. The third-order valence-electron chi connectivity index (χ3n) is 10.4. The van der Waals surface area contributed by atoms with Crippen LogP contribution in [0.3, 0.4) is 0 Å². The summed E-state index contributed by atoms with van der Waals surface area (Å²) in [5.74, 6) is 0.791. The largest absolute Gasteiger partial charge is 0.465 e. The molecule has 0 aliphatic carbocycles. The molecule has 1 aromatic heterocycles. The van der Waals surface area contributed by atoms with Crippen LogP contribution in [0.4, 0.5) is 20.7 Å². The first-order valence-corrected chi connectivity index (χ1v) is 16.7. The van der Waals surface area contributed by atoms with Crippen LogP contribution >= 0.6 is 0 Å². The van der Waals surface area contributed by atoms with Crippen molar-refractivity contribution < 1.29 is 33.2 Å². The molecule has 46 heavy (non-hydrogen) atoms. The van der Waals surface area contributed by atoms with Crippen LogP contribution in [0.5, 0.6) is 6.01 Å². The van der Waals surface area contributed by atoms with Gasteiger partial charge in [0.25, 0.3) is 0 Å². The van der Waals surface area contributed by atoms with E-state index in [4.69, 9.17) is 28.9 Å². The minimum absolute atomic E-state index is 0.177. The maximum absolute atomic E-state index is 14.5. The number of fused-ring (bicyclic) bond motifs is 4. The van der Waals surface area contributed by atoms with Crippen LogP contribution in [0.15, 0.2) is 18.2 Å². The molecule has 4 atom stereocenters. The van der Waals surface area contributed by atoms with Crippen molar-refractivity contribution in [1.29, 1.82) is 0 Å². The smallest absolute Gasteiger partial charge is 0.412 e. The first-order valence-electron chi connectivity index (χ1n) is 16.7. The second kappa shape index (κ2) is 11.9. The lowest BCUT2D eigenvalue weighted by atomic mass is 9.80. The van der Waals surface area contributed by atoms with Crippen molar-refractivity contribution in [1.82, 2.24) is 14.9 Å². The molecule has 7 rings (SSSR count). The van der Waals surface area contributed by atoms with E-state index < -0.39 is 23.4 Å². The summed E-state index contributed by atoms with van der Waals surface area (Å²) in [7, 11) is 0. The predicted molar refractivity (Wildman–Crippen MR) is 169 cm³/mol. The Kier molecular flexibility index (Phi) is 8.14. The highest BCUT2D eigenvalue weighted by Crippen LogP contribution is 2.47. The molecule has 1 spiro atoms. The molecule has 0 radical (unpaired) electrons. The average Bonchev–Trinajstić information content (AvgIpc) is 3.38. The summed E-state index contributed by atoms with van der Waals surface area (Å²) < 4.78 is 39.8. The monoisotopic (exact) mass is 639 g/mol. The fraction of sp³-hybridized carbons (Fsp3) is 0.676. The summed E-state index contributed by atoms with van der Waals surface area (Å²) in [5, 5.41) is 10.2. The van der Waals surface area contributed by atoms with Gasteiger partial charge in [-0.05, 0) is 76.8 Å². The van der Waals surface area contributed by atoms with Crippen molar-refractivity contribution in [3.63, 3.8) is 0 Å². The summed E-state index contributed by atoms with van der Waals surface area (Å²) in [5.41, 5.74) is 2.38. The molecule has 11 nitrogen and oxygen atoms in total. The number of amides is 1. The van der Waals surface area contributed by atoms with Gasteiger partial charge >= 0.3 is 12.1 Å². The molecule has 1 amide bonds. The molecule has 250 valence electrons. The number of ether oxygens (including phenoxy) is 4. The van der Waals surface area contributed by atoms with Crippen LogP contribution in [0.2, 0.25) is 0 Å². The van der Waals surface area contributed by atoms with Gasteiger partial charge in [0.05, 0.1) is 37.2 Å². The summed E-state index contributed by atoms with van der Waals surface area (Å²) in [6.07, 6.45) is 1.67. The van der Waals surface area contributed by atoms with Crippen LogP contribution in [0, 0.1) is 0 Å². The van der Waals surface area contributed by atoms with Crippen molar-refractivity contribution in [3.05, 3.63) is 40.6 Å². The highest BCUT2D eigenvalue weighted by Gasteiger charge is 2.50. The van der Waals surface area contributed by atoms with Crippen molar-refractivity contribution in [2.24, 2.45) is 0 Å². The predicted octanol–water partition coefficient (Wildman–Crippen LogP) is 5.00. The zero-order chi connectivity index (χ0) is 32.3. The molecule has 1 aromatic carbocycles. The molecule has 0 saturated carbocycles. The summed E-state index contributed by atoms with van der Waals surface area (Å²) >= 11 is 0. The first kappa shape index (κ1) is 31.5. The number of anilines is 2. The number of halogens is 1. The number of carbonyl (C=O) groups is 1. The molecule has 5 aliphatic rings. The Morgan fingerprint density at radius 2 is 2.04 bits per heavy atom. The van der Waals surface area contributed by atoms with E-state index in [9.17, 15) is 14.3 Å². The summed E-state index contributed by atoms with van der Waals surface area (Å²) in [4.78, 5) is 28.2. The van der Waals surface area contributed by atoms with Crippen molar-refractivity contribution >= 4 is 17.6 Å². The maximum Gasteiger partial charge on any atom is 0.412 e. The van der Waals surface area contributed by atoms with Gasteiger partial charge < -0.3 is 29.0 Å². The molecule has 3 saturated heterocycles. The zero-order valence-electron chi connectivity index (χ0n) is 27.4. The van der Waals surface area contributed by atoms with Crippen LogP contribution in [0.25, 0.3) is 0 Å². The second-order valence-corrected chi connectivity index (χ2v) is 14.5. The Balaban J connectivity index is 1.27. The lowest BCUT2D eigenvalue weighted by Gasteiger charge is -2.45. The summed E-state index contributed by atoms with van der Waals surface area (Å²) in [6, 6.07) is 6.05. The lowest BCUT2D eigenvalue weighted by molar-refractivity contribution is -0.148. The lowest BCUT2D eigenvalue weighted by Crippen LogP contribution is -2.47. The number of hydrogen-bond acceptors (Lipinski definition) is 9. The maximum atomic E-state index is 14.5. The topological polar surface area (TPSA) is 110 Å². The normalized spacial score (nSPS) is 29.6. The number of alkyl halides is 1. The van der Waals surface area contributed by atoms with Gasteiger partial charge in [-0.3, -0.25) is 9.80 Å². The van der Waals surface area contributed by atoms with E-state index in [0.29, 0.717) is 64.1 Å². The van der Waals surface area contributed by atoms with Crippen molar-refractivity contribution in [2.45, 2.75) is 95.4 Å². The number of benzene rings is 1. The van der Waals surface area contributed by atoms with E-state index in [1.165, 1.54) is 4.90 Å². The number of hydrogen-bond donors (Lipinski definition) is 1. The Hall–Kier alpha value is -3.06. The Bertz CT molecular complexity index is 1480. The zero-order valence-corrected chi connectivity index (χ0v) is 27.4. The molecule has 0 bridgehead atoms. The van der Waals surface area contributed by atoms with Gasteiger partial charge in [-0.1, -0.05) is 6.07 Å². The fourth-order valence-electron chi connectivity index (χ4n) is 8.16. The molecule has 3 fully saturated rings. The van der Waals surface area contributed by atoms with Gasteiger partial charge in [0, 0.05) is 55.9 Å². The van der Waals surface area contributed by atoms with Gasteiger partial charge in [0.2, 0.25) is 0 Å². The van der Waals surface area contributed by atoms with E-state index in [1.807, 2.05) is 45.9 Å². The van der Waals surface area contributed by atoms with Gasteiger partial charge in [-0.25, -0.2) is 9.18 Å². The van der Waals surface area contributed by atoms with Crippen LogP contribution in [-0.2, 0) is 32.8 Å². The number of nitrogens with zero attached hydrogens (tertiary/aromatic N) is 5. The van der Waals surface area contributed by atoms with Crippen molar-refractivity contribution in [2.75, 3.05) is 62.4 Å². The minimum Gasteiger partial charge on any atom is -0.465 e. The van der Waals surface area contributed by atoms with Crippen LogP contribution in [-0.4, -0.2) is 95.9 Å². The number of aromatic nitrogens is 2. The molecule has 2 aromatic rings. The third-order valence-corrected chi connectivity index (χ3v) is 10.4. The molecular formula is C34H46FN5O6. The second-order valence-electron chi connectivity index (χ2n) is 14.5. The molecule has 6 heterocycles. The SMILES string of the molecule is C[C@@H]1OC[C@@]2(Cc3nc(OC[C@@]45CCCN4C[C@H](F)C5)nc(N4CCCOCC4)c3CO2)c2cc(N(C(=O)O)C(C)(C)C)ccc21. The van der Waals surface area contributed by atoms with Gasteiger partial charge in [-0.15, -0.1) is 0 Å². The van der Waals surface area contributed by atoms with E-state index in [-0.39, 0.29) is 18.2 Å². The van der Waals surface area contributed by atoms with Gasteiger partial charge in [0.1, 0.15) is 24.2 Å². The Morgan fingerprint density at radius 3 is 2.85 bits per heavy atom. The minimum atomic E-state index is -1.02. The highest BCUT2D eigenvalue weighted by molar-refractivity contribution is 5.88. The Labute approximate surface area is 270 Å². The quantitative estimate of drug-likeness (QED) is 0.480. The van der Waals surface area contributed by atoms with Crippen LogP contribution in [0.1, 0.15) is 81.9 Å². The molecular weight excluding hydrogens is 593 g/mol. The number of carboxylic acid groups (broad SMARTS) is 1. The van der Waals surface area contributed by atoms with E-state index in [0.717, 1.165) is 60.6 Å². The van der Waals surface area contributed by atoms with E-state index >= 15 is 0 Å². The first-order chi connectivity index (χ1) is 22.0. The highest BCUT2D eigenvalue weighted by atomic mass is 19.1. The number of rotatable bonds is 5. The fourth-order valence-corrected chi connectivity index (χ4v) is 8.16. The van der Waals surface area contributed by atoms with Gasteiger partial charge in [0.15, 0.2) is 0 Å². The van der Waals surface area contributed by atoms with Crippen molar-refractivity contribution in [3.8, 4) is 6.01 Å². The van der Waals surface area contributed by atoms with E-state index in [2.05, 4.69) is 9.80 Å².